The van der Waals surface area contributed by atoms with Crippen LogP contribution >= 0.6 is 0 Å². The monoisotopic (exact) mass is 385 g/mol. The van der Waals surface area contributed by atoms with Gasteiger partial charge in [-0.15, -0.1) is 0 Å². The molecule has 1 fully saturated rings. The SMILES string of the molecule is COC(=O)c1ccc(O[C@@H](C(=O)N2CCOCC2)c2ccccc2)c(OC)c1. The van der Waals surface area contributed by atoms with Gasteiger partial charge in [-0.2, -0.15) is 0 Å². The van der Waals surface area contributed by atoms with Gasteiger partial charge in [0, 0.05) is 18.7 Å². The first-order valence-electron chi connectivity index (χ1n) is 8.98. The summed E-state index contributed by atoms with van der Waals surface area (Å²) in [5.74, 6) is 0.0895. The van der Waals surface area contributed by atoms with Crippen molar-refractivity contribution in [2.24, 2.45) is 0 Å². The van der Waals surface area contributed by atoms with Crippen LogP contribution in [0.1, 0.15) is 22.0 Å². The Kier molecular flexibility index (Phi) is 6.49. The topological polar surface area (TPSA) is 74.3 Å². The first kappa shape index (κ1) is 19.7. The van der Waals surface area contributed by atoms with Gasteiger partial charge < -0.3 is 23.8 Å². The number of carbonyl (C=O) groups is 2. The maximum Gasteiger partial charge on any atom is 0.337 e. The number of ether oxygens (including phenoxy) is 4. The van der Waals surface area contributed by atoms with E-state index in [-0.39, 0.29) is 5.91 Å². The Morgan fingerprint density at radius 3 is 2.36 bits per heavy atom. The fourth-order valence-corrected chi connectivity index (χ4v) is 2.98. The first-order chi connectivity index (χ1) is 13.6. The van der Waals surface area contributed by atoms with Crippen LogP contribution in [0.2, 0.25) is 0 Å². The molecule has 1 saturated heterocycles. The van der Waals surface area contributed by atoms with Crippen LogP contribution in [-0.4, -0.2) is 57.3 Å². The molecule has 28 heavy (non-hydrogen) atoms. The third-order valence-corrected chi connectivity index (χ3v) is 4.48. The second-order valence-corrected chi connectivity index (χ2v) is 6.20. The van der Waals surface area contributed by atoms with Crippen LogP contribution < -0.4 is 9.47 Å². The zero-order chi connectivity index (χ0) is 19.9. The van der Waals surface area contributed by atoms with E-state index < -0.39 is 12.1 Å². The van der Waals surface area contributed by atoms with E-state index in [1.165, 1.54) is 20.3 Å². The van der Waals surface area contributed by atoms with Crippen LogP contribution in [0.3, 0.4) is 0 Å². The molecule has 1 aliphatic heterocycles. The Balaban J connectivity index is 1.91. The fourth-order valence-electron chi connectivity index (χ4n) is 2.98. The van der Waals surface area contributed by atoms with E-state index in [9.17, 15) is 9.59 Å². The predicted molar refractivity (Wildman–Crippen MR) is 102 cm³/mol. The number of amides is 1. The molecule has 0 N–H and O–H groups in total. The van der Waals surface area contributed by atoms with Crippen molar-refractivity contribution in [3.63, 3.8) is 0 Å². The molecule has 0 saturated carbocycles. The Labute approximate surface area is 163 Å². The fraction of sp³-hybridized carbons (Fsp3) is 0.333. The van der Waals surface area contributed by atoms with Crippen molar-refractivity contribution >= 4 is 11.9 Å². The summed E-state index contributed by atoms with van der Waals surface area (Å²) >= 11 is 0. The van der Waals surface area contributed by atoms with Crippen molar-refractivity contribution in [3.8, 4) is 11.5 Å². The minimum absolute atomic E-state index is 0.145. The zero-order valence-corrected chi connectivity index (χ0v) is 15.9. The van der Waals surface area contributed by atoms with Gasteiger partial charge in [0.1, 0.15) is 0 Å². The number of hydrogen-bond donors (Lipinski definition) is 0. The maximum atomic E-state index is 13.2. The molecule has 1 aliphatic rings. The number of carbonyl (C=O) groups excluding carboxylic acids is 2. The highest BCUT2D eigenvalue weighted by atomic mass is 16.5. The van der Waals surface area contributed by atoms with Gasteiger partial charge in [-0.05, 0) is 18.2 Å². The van der Waals surface area contributed by atoms with E-state index >= 15 is 0 Å². The van der Waals surface area contributed by atoms with Crippen LogP contribution in [0.4, 0.5) is 0 Å². The van der Waals surface area contributed by atoms with Gasteiger partial charge in [-0.1, -0.05) is 30.3 Å². The Morgan fingerprint density at radius 1 is 1.00 bits per heavy atom. The molecule has 2 aromatic carbocycles. The third kappa shape index (κ3) is 4.43. The quantitative estimate of drug-likeness (QED) is 0.711. The van der Waals surface area contributed by atoms with Gasteiger partial charge in [-0.25, -0.2) is 4.79 Å². The van der Waals surface area contributed by atoms with E-state index in [0.717, 1.165) is 5.56 Å². The summed E-state index contributed by atoms with van der Waals surface area (Å²) in [7, 11) is 2.79. The molecule has 7 nitrogen and oxygen atoms in total. The summed E-state index contributed by atoms with van der Waals surface area (Å²) in [5.41, 5.74) is 1.07. The Morgan fingerprint density at radius 2 is 1.71 bits per heavy atom. The largest absolute Gasteiger partial charge is 0.493 e. The lowest BCUT2D eigenvalue weighted by Gasteiger charge is -2.31. The van der Waals surface area contributed by atoms with E-state index in [0.29, 0.717) is 43.4 Å². The molecule has 7 heteroatoms. The number of nitrogens with zero attached hydrogens (tertiary/aromatic N) is 1. The van der Waals surface area contributed by atoms with Crippen molar-refractivity contribution < 1.29 is 28.5 Å². The number of methoxy groups -OCH3 is 2. The summed E-state index contributed by atoms with van der Waals surface area (Å²) in [6.45, 7) is 2.04. The summed E-state index contributed by atoms with van der Waals surface area (Å²) in [5, 5.41) is 0. The number of hydrogen-bond acceptors (Lipinski definition) is 6. The van der Waals surface area contributed by atoms with Gasteiger partial charge in [0.15, 0.2) is 11.5 Å². The third-order valence-electron chi connectivity index (χ3n) is 4.48. The smallest absolute Gasteiger partial charge is 0.337 e. The van der Waals surface area contributed by atoms with Crippen LogP contribution in [0.15, 0.2) is 48.5 Å². The lowest BCUT2D eigenvalue weighted by atomic mass is 10.1. The van der Waals surface area contributed by atoms with Gasteiger partial charge in [-0.3, -0.25) is 4.79 Å². The van der Waals surface area contributed by atoms with Gasteiger partial charge >= 0.3 is 5.97 Å². The van der Waals surface area contributed by atoms with E-state index in [1.807, 2.05) is 30.3 Å². The van der Waals surface area contributed by atoms with Gasteiger partial charge in [0.2, 0.25) is 6.10 Å². The van der Waals surface area contributed by atoms with Gasteiger partial charge in [0.05, 0.1) is 33.0 Å². The first-order valence-corrected chi connectivity index (χ1v) is 8.98. The Bertz CT molecular complexity index is 817. The number of morpholine rings is 1. The minimum atomic E-state index is -0.836. The molecule has 0 unspecified atom stereocenters. The molecule has 1 amide bonds. The van der Waals surface area contributed by atoms with Crippen molar-refractivity contribution in [2.75, 3.05) is 40.5 Å². The number of esters is 1. The normalized spacial score (nSPS) is 14.9. The highest BCUT2D eigenvalue weighted by Gasteiger charge is 2.30. The molecule has 1 heterocycles. The van der Waals surface area contributed by atoms with Crippen molar-refractivity contribution in [2.45, 2.75) is 6.10 Å². The summed E-state index contributed by atoms with van der Waals surface area (Å²) < 4.78 is 21.5. The molecule has 3 rings (SSSR count). The van der Waals surface area contributed by atoms with Gasteiger partial charge in [0.25, 0.3) is 5.91 Å². The van der Waals surface area contributed by atoms with Crippen LogP contribution in [0.5, 0.6) is 11.5 Å². The van der Waals surface area contributed by atoms with E-state index in [1.54, 1.807) is 17.0 Å². The number of benzene rings is 2. The van der Waals surface area contributed by atoms with Crippen LogP contribution in [0.25, 0.3) is 0 Å². The van der Waals surface area contributed by atoms with Crippen molar-refractivity contribution in [3.05, 3.63) is 59.7 Å². The molecule has 0 aliphatic carbocycles. The molecule has 0 aromatic heterocycles. The zero-order valence-electron chi connectivity index (χ0n) is 15.9. The molecule has 2 aromatic rings. The lowest BCUT2D eigenvalue weighted by Crippen LogP contribution is -2.44. The average molecular weight is 385 g/mol. The molecular formula is C21H23NO6. The molecule has 148 valence electrons. The second-order valence-electron chi connectivity index (χ2n) is 6.20. The molecule has 1 atom stereocenters. The van der Waals surface area contributed by atoms with Crippen LogP contribution in [0, 0.1) is 0 Å². The minimum Gasteiger partial charge on any atom is -0.493 e. The average Bonchev–Trinajstić information content (AvgIpc) is 2.77. The second kappa shape index (κ2) is 9.23. The highest BCUT2D eigenvalue weighted by molar-refractivity contribution is 5.90. The van der Waals surface area contributed by atoms with E-state index in [2.05, 4.69) is 0 Å². The van der Waals surface area contributed by atoms with Crippen molar-refractivity contribution in [1.29, 1.82) is 0 Å². The number of rotatable bonds is 6. The molecule has 0 bridgehead atoms. The highest BCUT2D eigenvalue weighted by Crippen LogP contribution is 2.33. The predicted octanol–water partition coefficient (Wildman–Crippen LogP) is 2.46. The van der Waals surface area contributed by atoms with Crippen molar-refractivity contribution in [1.82, 2.24) is 4.90 Å². The van der Waals surface area contributed by atoms with Crippen LogP contribution in [-0.2, 0) is 14.3 Å². The maximum absolute atomic E-state index is 13.2. The standard InChI is InChI=1S/C21H23NO6/c1-25-18-14-16(21(24)26-2)8-9-17(18)28-19(15-6-4-3-5-7-15)20(23)22-10-12-27-13-11-22/h3-9,14,19H,10-13H2,1-2H3/t19-/m1/s1. The van der Waals surface area contributed by atoms with E-state index in [4.69, 9.17) is 18.9 Å². The summed E-state index contributed by atoms with van der Waals surface area (Å²) in [6.07, 6.45) is -0.836. The molecule has 0 radical (unpaired) electrons. The molecule has 0 spiro atoms. The Hall–Kier alpha value is -3.06. The summed E-state index contributed by atoms with van der Waals surface area (Å²) in [6, 6.07) is 14.0. The summed E-state index contributed by atoms with van der Waals surface area (Å²) in [4.78, 5) is 26.6. The lowest BCUT2D eigenvalue weighted by molar-refractivity contribution is -0.143. The molecular weight excluding hydrogens is 362 g/mol.